The van der Waals surface area contributed by atoms with E-state index < -0.39 is 0 Å². The molecule has 0 saturated carbocycles. The molecule has 0 aromatic rings. The van der Waals surface area contributed by atoms with Crippen LogP contribution in [0.15, 0.2) is 4.99 Å². The summed E-state index contributed by atoms with van der Waals surface area (Å²) in [7, 11) is 3.71. The molecule has 0 aromatic carbocycles. The average Bonchev–Trinajstić information content (AvgIpc) is 1.98. The number of guanidine groups is 1. The number of hydrogen-bond acceptors (Lipinski definition) is 1. The van der Waals surface area contributed by atoms with Gasteiger partial charge in [0.25, 0.3) is 0 Å². The third kappa shape index (κ3) is 5.04. The van der Waals surface area contributed by atoms with Gasteiger partial charge < -0.3 is 10.2 Å². The molecule has 75 valence electrons. The quantitative estimate of drug-likeness (QED) is 0.615. The number of nitrogens with one attached hydrogen (secondary N) is 1. The fraction of sp³-hybridized carbons (Fsp3) is 0.889. The van der Waals surface area contributed by atoms with Gasteiger partial charge in [-0.1, -0.05) is 0 Å². The molecule has 0 saturated heterocycles. The summed E-state index contributed by atoms with van der Waals surface area (Å²) in [4.78, 5) is 6.43. The zero-order valence-corrected chi connectivity index (χ0v) is 13.3. The Morgan fingerprint density at radius 2 is 1.54 bits per heavy atom. The van der Waals surface area contributed by atoms with Crippen LogP contribution in [0.25, 0.3) is 0 Å². The maximum atomic E-state index is 4.18. The van der Waals surface area contributed by atoms with Crippen molar-refractivity contribution >= 4 is 5.96 Å². The van der Waals surface area contributed by atoms with E-state index >= 15 is 0 Å². The minimum Gasteiger partial charge on any atom is -0.359 e. The van der Waals surface area contributed by atoms with Crippen molar-refractivity contribution in [3.63, 3.8) is 0 Å². The van der Waals surface area contributed by atoms with Gasteiger partial charge in [-0.3, -0.25) is 4.99 Å². The Balaban J connectivity index is 0. The molecular weight excluding hydrogens is 289 g/mol. The molecule has 0 aliphatic rings. The number of aliphatic imine (C=N–C) groups is 1. The molecule has 0 aliphatic heterocycles. The monoisotopic (exact) mass is 310 g/mol. The molecule has 0 heterocycles. The molecule has 0 bridgehead atoms. The van der Waals surface area contributed by atoms with Gasteiger partial charge in [0.1, 0.15) is 0 Å². The summed E-state index contributed by atoms with van der Waals surface area (Å²) in [5.74, 6) is 0.958. The first-order valence-corrected chi connectivity index (χ1v) is 4.47. The topological polar surface area (TPSA) is 27.6 Å². The second-order valence-corrected chi connectivity index (χ2v) is 3.39. The molecule has 1 N–H and O–H groups in total. The normalized spacial score (nSPS) is 11.5. The van der Waals surface area contributed by atoms with Gasteiger partial charge in [-0.15, -0.1) is 0 Å². The van der Waals surface area contributed by atoms with Crippen molar-refractivity contribution in [3.05, 3.63) is 0 Å². The van der Waals surface area contributed by atoms with Crippen LogP contribution in [0, 0.1) is 35.6 Å². The van der Waals surface area contributed by atoms with Crippen molar-refractivity contribution in [1.29, 1.82) is 0 Å². The zero-order chi connectivity index (χ0) is 9.72. The van der Waals surface area contributed by atoms with Crippen molar-refractivity contribution in [3.8, 4) is 0 Å². The Morgan fingerprint density at radius 3 is 1.62 bits per heavy atom. The van der Waals surface area contributed by atoms with Crippen LogP contribution in [0.4, 0.5) is 0 Å². The van der Waals surface area contributed by atoms with Gasteiger partial charge in [0, 0.05) is 61.8 Å². The maximum Gasteiger partial charge on any atom is 0.193 e. The summed E-state index contributed by atoms with van der Waals surface area (Å²) < 4.78 is 0. The van der Waals surface area contributed by atoms with Crippen LogP contribution in [-0.2, 0) is 0 Å². The van der Waals surface area contributed by atoms with Gasteiger partial charge >= 0.3 is 0 Å². The number of hydrogen-bond donors (Lipinski definition) is 1. The van der Waals surface area contributed by atoms with Crippen molar-refractivity contribution in [1.82, 2.24) is 10.2 Å². The Bertz CT molecular complexity index is 147. The van der Waals surface area contributed by atoms with Crippen LogP contribution >= 0.6 is 0 Å². The molecule has 0 unspecified atom stereocenters. The van der Waals surface area contributed by atoms with Gasteiger partial charge in [-0.2, -0.15) is 0 Å². The van der Waals surface area contributed by atoms with Gasteiger partial charge in [-0.05, 0) is 27.7 Å². The molecule has 0 aromatic heterocycles. The standard InChI is InChI=1S/C9H21N3.La/c1-7(2)12(8(3)4)9(10-5)11-6;/h7-8H,1-6H3,(H,10,11);. The van der Waals surface area contributed by atoms with E-state index in [9.17, 15) is 0 Å². The Morgan fingerprint density at radius 1 is 1.15 bits per heavy atom. The maximum absolute atomic E-state index is 4.18. The van der Waals surface area contributed by atoms with Crippen molar-refractivity contribution < 1.29 is 35.6 Å². The van der Waals surface area contributed by atoms with Crippen molar-refractivity contribution in [2.45, 2.75) is 39.8 Å². The smallest absolute Gasteiger partial charge is 0.193 e. The fourth-order valence-electron chi connectivity index (χ4n) is 1.44. The fourth-order valence-corrected chi connectivity index (χ4v) is 1.44. The summed E-state index contributed by atoms with van der Waals surface area (Å²) in [6.45, 7) is 8.68. The molecule has 4 heteroatoms. The molecule has 0 fully saturated rings. The third-order valence-corrected chi connectivity index (χ3v) is 1.79. The SMILES string of the molecule is CN=C(NC)N(C(C)C)C(C)C.[La]. The van der Waals surface area contributed by atoms with Gasteiger partial charge in [0.05, 0.1) is 0 Å². The molecule has 1 radical (unpaired) electrons. The van der Waals surface area contributed by atoms with Crippen LogP contribution in [0.3, 0.4) is 0 Å². The van der Waals surface area contributed by atoms with E-state index in [4.69, 9.17) is 0 Å². The van der Waals surface area contributed by atoms with Gasteiger partial charge in [0.2, 0.25) is 0 Å². The summed E-state index contributed by atoms with van der Waals surface area (Å²) in [6.07, 6.45) is 0. The molecule has 3 nitrogen and oxygen atoms in total. The molecule has 13 heavy (non-hydrogen) atoms. The summed E-state index contributed by atoms with van der Waals surface area (Å²) in [5.41, 5.74) is 0. The van der Waals surface area contributed by atoms with E-state index in [0.717, 1.165) is 5.96 Å². The van der Waals surface area contributed by atoms with Crippen LogP contribution in [0.1, 0.15) is 27.7 Å². The van der Waals surface area contributed by atoms with Crippen molar-refractivity contribution in [2.75, 3.05) is 14.1 Å². The van der Waals surface area contributed by atoms with Gasteiger partial charge in [-0.25, -0.2) is 0 Å². The van der Waals surface area contributed by atoms with Crippen LogP contribution in [0.5, 0.6) is 0 Å². The van der Waals surface area contributed by atoms with E-state index in [1.54, 1.807) is 0 Å². The predicted molar refractivity (Wildman–Crippen MR) is 54.5 cm³/mol. The van der Waals surface area contributed by atoms with Gasteiger partial charge in [0.15, 0.2) is 5.96 Å². The van der Waals surface area contributed by atoms with Crippen LogP contribution in [-0.4, -0.2) is 37.0 Å². The zero-order valence-electron chi connectivity index (χ0n) is 9.63. The molecular formula is C9H21LaN3. The summed E-state index contributed by atoms with van der Waals surface area (Å²) >= 11 is 0. The van der Waals surface area contributed by atoms with Crippen molar-refractivity contribution in [2.24, 2.45) is 4.99 Å². The first kappa shape index (κ1) is 15.9. The van der Waals surface area contributed by atoms with Crippen LogP contribution in [0.2, 0.25) is 0 Å². The van der Waals surface area contributed by atoms with E-state index in [-0.39, 0.29) is 35.6 Å². The van der Waals surface area contributed by atoms with E-state index in [1.807, 2.05) is 14.1 Å². The Kier molecular flexibility index (Phi) is 9.59. The minimum atomic E-state index is 0. The second-order valence-electron chi connectivity index (χ2n) is 3.39. The number of nitrogens with zero attached hydrogens (tertiary/aromatic N) is 2. The molecule has 0 aliphatic carbocycles. The minimum absolute atomic E-state index is 0. The van der Waals surface area contributed by atoms with E-state index in [1.165, 1.54) is 0 Å². The second kappa shape index (κ2) is 7.83. The van der Waals surface area contributed by atoms with E-state index in [0.29, 0.717) is 12.1 Å². The largest absolute Gasteiger partial charge is 0.359 e. The molecule has 0 spiro atoms. The predicted octanol–water partition coefficient (Wildman–Crippen LogP) is 1.31. The number of rotatable bonds is 2. The Hall–Kier alpha value is 0.465. The van der Waals surface area contributed by atoms with Crippen LogP contribution < -0.4 is 5.32 Å². The molecule has 0 atom stereocenters. The first-order valence-electron chi connectivity index (χ1n) is 4.47. The van der Waals surface area contributed by atoms with E-state index in [2.05, 4.69) is 42.9 Å². The third-order valence-electron chi connectivity index (χ3n) is 1.79. The summed E-state index contributed by atoms with van der Waals surface area (Å²) in [6, 6.07) is 0.965. The summed E-state index contributed by atoms with van der Waals surface area (Å²) in [5, 5.41) is 3.09. The average molecular weight is 310 g/mol. The molecule has 0 amide bonds. The Labute approximate surface area is 110 Å². The first-order chi connectivity index (χ1) is 5.54. The molecule has 0 rings (SSSR count).